The second-order valence-corrected chi connectivity index (χ2v) is 10.8. The molecule has 3 aromatic heterocycles. The molecule has 1 fully saturated rings. The second kappa shape index (κ2) is 9.60. The molecule has 5 rings (SSSR count). The summed E-state index contributed by atoms with van der Waals surface area (Å²) in [5.74, 6) is 1.37. The number of aryl methyl sites for hydroxylation is 2. The van der Waals surface area contributed by atoms with Gasteiger partial charge in [-0.15, -0.1) is 11.3 Å². The van der Waals surface area contributed by atoms with Crippen molar-refractivity contribution in [2.24, 2.45) is 13.0 Å². The fraction of sp³-hybridized carbons (Fsp3) is 0.346. The van der Waals surface area contributed by atoms with Crippen molar-refractivity contribution in [3.8, 4) is 16.9 Å². The Kier molecular flexibility index (Phi) is 6.53. The van der Waals surface area contributed by atoms with Crippen molar-refractivity contribution >= 4 is 33.2 Å². The van der Waals surface area contributed by atoms with Crippen LogP contribution in [0.1, 0.15) is 23.8 Å². The van der Waals surface area contributed by atoms with E-state index in [1.165, 1.54) is 32.7 Å². The van der Waals surface area contributed by atoms with Gasteiger partial charge < -0.3 is 14.6 Å². The highest BCUT2D eigenvalue weighted by atomic mass is 35.5. The predicted octanol–water partition coefficient (Wildman–Crippen LogP) is 4.21. The van der Waals surface area contributed by atoms with E-state index in [9.17, 15) is 9.59 Å². The van der Waals surface area contributed by atoms with Crippen LogP contribution in [-0.4, -0.2) is 33.3 Å². The van der Waals surface area contributed by atoms with Crippen molar-refractivity contribution < 1.29 is 4.74 Å². The van der Waals surface area contributed by atoms with Gasteiger partial charge in [0.25, 0.3) is 5.56 Å². The molecule has 0 amide bonds. The number of benzene rings is 1. The molecule has 0 radical (unpaired) electrons. The van der Waals surface area contributed by atoms with Gasteiger partial charge in [0, 0.05) is 53.1 Å². The van der Waals surface area contributed by atoms with Crippen LogP contribution in [0.15, 0.2) is 52.3 Å². The number of hydrogen-bond acceptors (Lipinski definition) is 6. The van der Waals surface area contributed by atoms with E-state index in [4.69, 9.17) is 16.3 Å². The largest absolute Gasteiger partial charge is 0.488 e. The van der Waals surface area contributed by atoms with Crippen molar-refractivity contribution in [3.05, 3.63) is 79.0 Å². The molecule has 0 bridgehead atoms. The topological polar surface area (TPSA) is 78.2 Å². The molecule has 35 heavy (non-hydrogen) atoms. The van der Waals surface area contributed by atoms with Gasteiger partial charge in [0.05, 0.1) is 16.8 Å². The van der Waals surface area contributed by atoms with Gasteiger partial charge in [-0.1, -0.05) is 18.5 Å². The Bertz CT molecular complexity index is 1520. The van der Waals surface area contributed by atoms with Crippen LogP contribution in [0, 0.1) is 12.8 Å². The number of nitrogens with zero attached hydrogens (tertiary/aromatic N) is 3. The van der Waals surface area contributed by atoms with Crippen LogP contribution in [0.25, 0.3) is 21.3 Å². The summed E-state index contributed by atoms with van der Waals surface area (Å²) in [5.41, 5.74) is 3.00. The minimum atomic E-state index is -0.348. The molecule has 0 unspecified atom stereocenters. The highest BCUT2D eigenvalue weighted by Gasteiger charge is 2.23. The number of nitrogens with one attached hydrogen (secondary N) is 1. The third-order valence-electron chi connectivity index (χ3n) is 6.36. The lowest BCUT2D eigenvalue weighted by Crippen LogP contribution is -2.41. The van der Waals surface area contributed by atoms with Crippen LogP contribution in [0.3, 0.4) is 0 Å². The van der Waals surface area contributed by atoms with Crippen molar-refractivity contribution in [2.45, 2.75) is 32.9 Å². The van der Waals surface area contributed by atoms with Crippen LogP contribution in [0.4, 0.5) is 0 Å². The molecule has 1 aliphatic rings. The molecular weight excluding hydrogens is 484 g/mol. The van der Waals surface area contributed by atoms with Gasteiger partial charge in [-0.3, -0.25) is 14.3 Å². The van der Waals surface area contributed by atoms with Gasteiger partial charge in [0.2, 0.25) is 0 Å². The van der Waals surface area contributed by atoms with Gasteiger partial charge in [0.1, 0.15) is 11.9 Å². The zero-order valence-electron chi connectivity index (χ0n) is 19.9. The van der Waals surface area contributed by atoms with E-state index >= 15 is 0 Å². The van der Waals surface area contributed by atoms with Crippen LogP contribution in [-0.2, 0) is 13.6 Å². The lowest BCUT2D eigenvalue weighted by Gasteiger charge is -2.30. The summed E-state index contributed by atoms with van der Waals surface area (Å²) in [4.78, 5) is 30.3. The summed E-state index contributed by atoms with van der Waals surface area (Å²) >= 11 is 8.02. The highest BCUT2D eigenvalue weighted by molar-refractivity contribution is 7.19. The number of aromatic nitrogens is 3. The van der Waals surface area contributed by atoms with Gasteiger partial charge >= 0.3 is 5.69 Å². The molecule has 7 nitrogen and oxygen atoms in total. The lowest BCUT2D eigenvalue weighted by atomic mass is 9.98. The molecule has 0 spiro atoms. The molecule has 1 aliphatic heterocycles. The molecule has 0 saturated carbocycles. The summed E-state index contributed by atoms with van der Waals surface area (Å²) in [5, 5.41) is 4.09. The second-order valence-electron chi connectivity index (χ2n) is 9.26. The molecule has 4 heterocycles. The van der Waals surface area contributed by atoms with Crippen LogP contribution in [0.5, 0.6) is 5.75 Å². The average Bonchev–Trinajstić information content (AvgIpc) is 3.24. The van der Waals surface area contributed by atoms with Crippen molar-refractivity contribution in [3.63, 3.8) is 0 Å². The Hall–Kier alpha value is -2.94. The third-order valence-corrected chi connectivity index (χ3v) is 7.72. The number of pyridine rings is 1. The predicted molar refractivity (Wildman–Crippen MR) is 141 cm³/mol. The summed E-state index contributed by atoms with van der Waals surface area (Å²) < 4.78 is 10.2. The first-order valence-corrected chi connectivity index (χ1v) is 12.8. The minimum absolute atomic E-state index is 0.0785. The van der Waals surface area contributed by atoms with E-state index in [1.54, 1.807) is 13.2 Å². The van der Waals surface area contributed by atoms with Crippen LogP contribution in [0.2, 0.25) is 5.02 Å². The quantitative estimate of drug-likeness (QED) is 0.435. The minimum Gasteiger partial charge on any atom is -0.488 e. The number of ether oxygens (including phenoxy) is 1. The van der Waals surface area contributed by atoms with Crippen molar-refractivity contribution in [1.82, 2.24) is 19.4 Å². The zero-order chi connectivity index (χ0) is 24.7. The monoisotopic (exact) mass is 510 g/mol. The molecule has 1 N–H and O–H groups in total. The Balaban J connectivity index is 1.58. The summed E-state index contributed by atoms with van der Waals surface area (Å²) in [7, 11) is 1.63. The molecule has 1 aromatic carbocycles. The lowest BCUT2D eigenvalue weighted by molar-refractivity contribution is 0.142. The van der Waals surface area contributed by atoms with Crippen LogP contribution >= 0.6 is 22.9 Å². The van der Waals surface area contributed by atoms with Gasteiger partial charge in [-0.05, 0) is 55.6 Å². The molecular formula is C26H27ClN4O3S. The van der Waals surface area contributed by atoms with E-state index in [0.29, 0.717) is 10.9 Å². The molecule has 2 atom stereocenters. The summed E-state index contributed by atoms with van der Waals surface area (Å²) in [6.07, 6.45) is 4.32. The number of fused-ring (bicyclic) bond motifs is 1. The Morgan fingerprint density at radius 1 is 1.20 bits per heavy atom. The first-order chi connectivity index (χ1) is 16.8. The third kappa shape index (κ3) is 4.78. The number of piperidine rings is 1. The first-order valence-electron chi connectivity index (χ1n) is 11.6. The first kappa shape index (κ1) is 23.8. The van der Waals surface area contributed by atoms with Crippen molar-refractivity contribution in [1.29, 1.82) is 0 Å². The molecule has 182 valence electrons. The standard InChI is InChI=1S/C26H27ClN4O3S/c1-15-8-18(13-28-12-15)34-24-16(2)9-17(27)10-21(24)20-4-6-29-22-11-19(35-25(20)22)14-31-23(32)5-7-30(3)26(31)33/h4-7,9-11,15,18,28H,8,12-14H2,1-3H3/t15-,18-/m1/s1. The van der Waals surface area contributed by atoms with Gasteiger partial charge in [0.15, 0.2) is 0 Å². The molecule has 0 aliphatic carbocycles. The number of rotatable bonds is 5. The van der Waals surface area contributed by atoms with E-state index < -0.39 is 0 Å². The number of halogens is 1. The van der Waals surface area contributed by atoms with E-state index in [1.807, 2.05) is 31.2 Å². The molecule has 9 heteroatoms. The number of thiophene rings is 1. The Morgan fingerprint density at radius 3 is 2.83 bits per heavy atom. The van der Waals surface area contributed by atoms with Gasteiger partial charge in [-0.2, -0.15) is 0 Å². The summed E-state index contributed by atoms with van der Waals surface area (Å²) in [6.45, 7) is 6.24. The average molecular weight is 511 g/mol. The fourth-order valence-electron chi connectivity index (χ4n) is 4.64. The maximum Gasteiger partial charge on any atom is 0.331 e. The Labute approximate surface area is 212 Å². The SMILES string of the molecule is Cc1cc(Cl)cc(-c2ccnc3cc(Cn4c(=O)ccn(C)c4=O)sc23)c1O[C@H]1CNC[C@H](C)C1. The smallest absolute Gasteiger partial charge is 0.331 e. The summed E-state index contributed by atoms with van der Waals surface area (Å²) in [6, 6.07) is 9.17. The molecule has 4 aromatic rings. The maximum atomic E-state index is 12.5. The normalized spacial score (nSPS) is 18.2. The zero-order valence-corrected chi connectivity index (χ0v) is 21.4. The fourth-order valence-corrected chi connectivity index (χ4v) is 6.05. The number of hydrogen-bond donors (Lipinski definition) is 1. The van der Waals surface area contributed by atoms with E-state index in [0.717, 1.165) is 57.0 Å². The Morgan fingerprint density at radius 2 is 2.03 bits per heavy atom. The van der Waals surface area contributed by atoms with Gasteiger partial charge in [-0.25, -0.2) is 4.79 Å². The highest BCUT2D eigenvalue weighted by Crippen LogP contribution is 2.42. The van der Waals surface area contributed by atoms with E-state index in [2.05, 4.69) is 17.2 Å². The van der Waals surface area contributed by atoms with E-state index in [-0.39, 0.29) is 23.9 Å². The van der Waals surface area contributed by atoms with Crippen LogP contribution < -0.4 is 21.3 Å². The van der Waals surface area contributed by atoms with Crippen molar-refractivity contribution in [2.75, 3.05) is 13.1 Å². The maximum absolute atomic E-state index is 12.5. The molecule has 1 saturated heterocycles.